The maximum atomic E-state index is 11.8. The van der Waals surface area contributed by atoms with E-state index < -0.39 is 0 Å². The fourth-order valence-electron chi connectivity index (χ4n) is 1.51. The first-order valence-corrected chi connectivity index (χ1v) is 4.59. The van der Waals surface area contributed by atoms with Crippen LogP contribution in [0, 0.1) is 0 Å². The largest absolute Gasteiger partial charge is 0.343 e. The van der Waals surface area contributed by atoms with E-state index in [-0.39, 0.29) is 12.1 Å². The van der Waals surface area contributed by atoms with E-state index in [2.05, 4.69) is 11.6 Å². The van der Waals surface area contributed by atoms with Gasteiger partial charge in [0.05, 0.1) is 17.9 Å². The average Bonchev–Trinajstić information content (AvgIpc) is 2.45. The van der Waals surface area contributed by atoms with Crippen molar-refractivity contribution < 1.29 is 4.79 Å². The van der Waals surface area contributed by atoms with Gasteiger partial charge in [0.15, 0.2) is 0 Å². The number of pyridine rings is 1. The molecule has 1 atom stereocenters. The van der Waals surface area contributed by atoms with Gasteiger partial charge in [0.25, 0.3) is 0 Å². The molecule has 0 saturated carbocycles. The van der Waals surface area contributed by atoms with E-state index in [0.29, 0.717) is 11.4 Å². The lowest BCUT2D eigenvalue weighted by molar-refractivity contribution is 0.211. The third kappa shape index (κ3) is 1.37. The highest BCUT2D eigenvalue weighted by atomic mass is 16.2. The van der Waals surface area contributed by atoms with Gasteiger partial charge in [0.2, 0.25) is 0 Å². The van der Waals surface area contributed by atoms with E-state index >= 15 is 0 Å². The second kappa shape index (κ2) is 3.36. The molecular formula is C10H12N4O. The summed E-state index contributed by atoms with van der Waals surface area (Å²) in [6.07, 6.45) is 3.26. The number of aromatic nitrogens is 1. The van der Waals surface area contributed by atoms with Gasteiger partial charge < -0.3 is 0 Å². The van der Waals surface area contributed by atoms with Crippen molar-refractivity contribution in [3.8, 4) is 0 Å². The first-order valence-electron chi connectivity index (χ1n) is 4.59. The van der Waals surface area contributed by atoms with Crippen molar-refractivity contribution in [3.63, 3.8) is 0 Å². The number of carbonyl (C=O) groups excluding carboxylic acids is 1. The maximum absolute atomic E-state index is 11.8. The fraction of sp³-hybridized carbons (Fsp3) is 0.200. The lowest BCUT2D eigenvalue weighted by Crippen LogP contribution is -2.39. The van der Waals surface area contributed by atoms with E-state index in [0.717, 1.165) is 5.01 Å². The van der Waals surface area contributed by atoms with Gasteiger partial charge in [-0.2, -0.15) is 0 Å². The first kappa shape index (κ1) is 9.67. The average molecular weight is 204 g/mol. The van der Waals surface area contributed by atoms with Crippen molar-refractivity contribution in [3.05, 3.63) is 36.8 Å². The number of rotatable bonds is 1. The molecule has 2 heterocycles. The Morgan fingerprint density at radius 2 is 2.33 bits per heavy atom. The number of carbonyl (C=O) groups is 1. The zero-order chi connectivity index (χ0) is 11.0. The summed E-state index contributed by atoms with van der Waals surface area (Å²) in [7, 11) is 0. The number of amides is 2. The van der Waals surface area contributed by atoms with Crippen LogP contribution in [0.1, 0.15) is 6.92 Å². The van der Waals surface area contributed by atoms with Crippen LogP contribution < -0.4 is 10.7 Å². The minimum atomic E-state index is -0.277. The Morgan fingerprint density at radius 3 is 2.80 bits per heavy atom. The number of hydrazine groups is 1. The van der Waals surface area contributed by atoms with Crippen molar-refractivity contribution in [1.82, 2.24) is 9.99 Å². The molecule has 2 amide bonds. The Labute approximate surface area is 87.8 Å². The molecule has 1 fully saturated rings. The van der Waals surface area contributed by atoms with Crippen molar-refractivity contribution >= 4 is 11.7 Å². The van der Waals surface area contributed by atoms with E-state index in [9.17, 15) is 4.79 Å². The quantitative estimate of drug-likeness (QED) is 0.550. The van der Waals surface area contributed by atoms with Crippen LogP contribution in [0.4, 0.5) is 10.5 Å². The Kier molecular flexibility index (Phi) is 2.17. The Hall–Kier alpha value is -1.88. The first-order chi connectivity index (χ1) is 7.13. The minimum Gasteiger partial charge on any atom is -0.263 e. The van der Waals surface area contributed by atoms with E-state index in [4.69, 9.17) is 5.84 Å². The summed E-state index contributed by atoms with van der Waals surface area (Å²) in [4.78, 5) is 17.2. The standard InChI is InChI=1S/C10H12N4O/c1-7-8(2)14(11)10(15)13(7)9-4-3-5-12-6-9/h3-6,8H,1,11H2,2H3. The molecule has 1 aliphatic rings. The highest BCUT2D eigenvalue weighted by molar-refractivity contribution is 5.98. The van der Waals surface area contributed by atoms with Crippen LogP contribution in [0.2, 0.25) is 0 Å². The Morgan fingerprint density at radius 1 is 1.60 bits per heavy atom. The topological polar surface area (TPSA) is 62.5 Å². The van der Waals surface area contributed by atoms with Gasteiger partial charge in [-0.1, -0.05) is 6.58 Å². The molecule has 0 aromatic carbocycles. The molecule has 15 heavy (non-hydrogen) atoms. The summed E-state index contributed by atoms with van der Waals surface area (Å²) >= 11 is 0. The maximum Gasteiger partial charge on any atom is 0.343 e. The summed E-state index contributed by atoms with van der Waals surface area (Å²) in [5, 5.41) is 1.16. The molecule has 1 aromatic rings. The summed E-state index contributed by atoms with van der Waals surface area (Å²) in [5.41, 5.74) is 1.35. The summed E-state index contributed by atoms with van der Waals surface area (Å²) in [5.74, 6) is 5.60. The second-order valence-electron chi connectivity index (χ2n) is 3.40. The predicted octanol–water partition coefficient (Wildman–Crippen LogP) is 1.10. The highest BCUT2D eigenvalue weighted by Crippen LogP contribution is 2.27. The van der Waals surface area contributed by atoms with Crippen LogP contribution in [0.15, 0.2) is 36.8 Å². The molecule has 2 rings (SSSR count). The molecule has 2 N–H and O–H groups in total. The molecule has 0 bridgehead atoms. The predicted molar refractivity (Wildman–Crippen MR) is 56.7 cm³/mol. The molecule has 0 aliphatic carbocycles. The van der Waals surface area contributed by atoms with Gasteiger partial charge in [-0.05, 0) is 19.1 Å². The Bertz CT molecular complexity index is 383. The van der Waals surface area contributed by atoms with Gasteiger partial charge in [-0.3, -0.25) is 14.9 Å². The lowest BCUT2D eigenvalue weighted by Gasteiger charge is -2.15. The van der Waals surface area contributed by atoms with Crippen LogP contribution in [0.25, 0.3) is 0 Å². The molecule has 1 saturated heterocycles. The zero-order valence-electron chi connectivity index (χ0n) is 8.42. The van der Waals surface area contributed by atoms with Gasteiger partial charge in [0.1, 0.15) is 0 Å². The number of urea groups is 1. The number of hydrogen-bond donors (Lipinski definition) is 1. The summed E-state index contributed by atoms with van der Waals surface area (Å²) in [6.45, 7) is 5.68. The van der Waals surface area contributed by atoms with Crippen LogP contribution in [0.5, 0.6) is 0 Å². The number of hydrogen-bond acceptors (Lipinski definition) is 3. The normalized spacial score (nSPS) is 21.3. The molecule has 1 unspecified atom stereocenters. The highest BCUT2D eigenvalue weighted by Gasteiger charge is 2.37. The van der Waals surface area contributed by atoms with E-state index in [1.807, 2.05) is 6.92 Å². The summed E-state index contributed by atoms with van der Waals surface area (Å²) < 4.78 is 0. The molecule has 0 spiro atoms. The molecular weight excluding hydrogens is 192 g/mol. The molecule has 5 heteroatoms. The van der Waals surface area contributed by atoms with Gasteiger partial charge in [-0.25, -0.2) is 10.6 Å². The van der Waals surface area contributed by atoms with Crippen LogP contribution >= 0.6 is 0 Å². The fourth-order valence-corrected chi connectivity index (χ4v) is 1.51. The number of anilines is 1. The summed E-state index contributed by atoms with van der Waals surface area (Å²) in [6, 6.07) is 3.10. The SMILES string of the molecule is C=C1C(C)N(N)C(=O)N1c1cccnc1. The second-order valence-corrected chi connectivity index (χ2v) is 3.40. The van der Waals surface area contributed by atoms with Crippen molar-refractivity contribution in [1.29, 1.82) is 0 Å². The van der Waals surface area contributed by atoms with Crippen molar-refractivity contribution in [2.45, 2.75) is 13.0 Å². The van der Waals surface area contributed by atoms with Gasteiger partial charge in [0, 0.05) is 11.9 Å². The molecule has 0 radical (unpaired) electrons. The van der Waals surface area contributed by atoms with Crippen LogP contribution in [-0.2, 0) is 0 Å². The van der Waals surface area contributed by atoms with Crippen molar-refractivity contribution in [2.24, 2.45) is 5.84 Å². The molecule has 1 aromatic heterocycles. The number of nitrogens with zero attached hydrogens (tertiary/aromatic N) is 3. The Balaban J connectivity index is 2.39. The van der Waals surface area contributed by atoms with E-state index in [1.54, 1.807) is 24.5 Å². The zero-order valence-corrected chi connectivity index (χ0v) is 8.42. The lowest BCUT2D eigenvalue weighted by atomic mass is 10.2. The third-order valence-electron chi connectivity index (χ3n) is 2.50. The van der Waals surface area contributed by atoms with Crippen LogP contribution in [0.3, 0.4) is 0 Å². The third-order valence-corrected chi connectivity index (χ3v) is 2.50. The smallest absolute Gasteiger partial charge is 0.263 e. The van der Waals surface area contributed by atoms with Crippen LogP contribution in [-0.4, -0.2) is 22.1 Å². The van der Waals surface area contributed by atoms with E-state index in [1.165, 1.54) is 4.90 Å². The minimum absolute atomic E-state index is 0.183. The van der Waals surface area contributed by atoms with Gasteiger partial charge >= 0.3 is 6.03 Å². The number of nitrogens with two attached hydrogens (primary N) is 1. The molecule has 78 valence electrons. The molecule has 5 nitrogen and oxygen atoms in total. The van der Waals surface area contributed by atoms with Crippen molar-refractivity contribution in [2.75, 3.05) is 4.90 Å². The van der Waals surface area contributed by atoms with Gasteiger partial charge in [-0.15, -0.1) is 0 Å². The monoisotopic (exact) mass is 204 g/mol. The molecule has 1 aliphatic heterocycles.